The topological polar surface area (TPSA) is 55.6 Å². The van der Waals surface area contributed by atoms with Gasteiger partial charge in [-0.25, -0.2) is 0 Å². The highest BCUT2D eigenvalue weighted by atomic mass is 35.5. The molecule has 0 heterocycles. The second kappa shape index (κ2) is 7.50. The van der Waals surface area contributed by atoms with Crippen LogP contribution in [0.3, 0.4) is 0 Å². The van der Waals surface area contributed by atoms with Gasteiger partial charge in [-0.1, -0.05) is 24.6 Å². The largest absolute Gasteiger partial charge is 0.492 e. The van der Waals surface area contributed by atoms with E-state index in [4.69, 9.17) is 22.1 Å². The van der Waals surface area contributed by atoms with Gasteiger partial charge >= 0.3 is 0 Å². The van der Waals surface area contributed by atoms with Crippen molar-refractivity contribution in [1.29, 1.82) is 0 Å². The molecule has 0 spiro atoms. The summed E-state index contributed by atoms with van der Waals surface area (Å²) in [5, 5.41) is 0.633. The van der Waals surface area contributed by atoms with E-state index in [0.29, 0.717) is 30.5 Å². The van der Waals surface area contributed by atoms with Gasteiger partial charge in [0.25, 0.3) is 0 Å². The van der Waals surface area contributed by atoms with Crippen LogP contribution in [0.2, 0.25) is 5.02 Å². The molecule has 5 heteroatoms. The standard InChI is InChI=1S/C15H23ClN2O2/c1-4-15(2,11-17)14(19)18(3)8-9-20-13-7-5-6-12(16)10-13/h5-7,10H,4,8-9,11,17H2,1-3H3. The molecule has 20 heavy (non-hydrogen) atoms. The lowest BCUT2D eigenvalue weighted by Crippen LogP contribution is -2.45. The lowest BCUT2D eigenvalue weighted by molar-refractivity contribution is -0.139. The third-order valence-electron chi connectivity index (χ3n) is 3.59. The van der Waals surface area contributed by atoms with E-state index in [1.165, 1.54) is 0 Å². The molecule has 1 aromatic rings. The van der Waals surface area contributed by atoms with Crippen LogP contribution in [0.1, 0.15) is 20.3 Å². The molecule has 0 aliphatic heterocycles. The molecule has 4 nitrogen and oxygen atoms in total. The zero-order chi connectivity index (χ0) is 15.2. The number of halogens is 1. The molecule has 1 atom stereocenters. The number of ether oxygens (including phenoxy) is 1. The molecule has 0 aliphatic carbocycles. The van der Waals surface area contributed by atoms with Crippen LogP contribution in [0.25, 0.3) is 0 Å². The monoisotopic (exact) mass is 298 g/mol. The number of nitrogens with two attached hydrogens (primary N) is 1. The number of hydrogen-bond donors (Lipinski definition) is 1. The van der Waals surface area contributed by atoms with Crippen LogP contribution in [0.5, 0.6) is 5.75 Å². The van der Waals surface area contributed by atoms with Gasteiger partial charge in [-0.15, -0.1) is 0 Å². The first kappa shape index (κ1) is 16.8. The molecule has 0 radical (unpaired) electrons. The Morgan fingerprint density at radius 1 is 1.50 bits per heavy atom. The molecular formula is C15H23ClN2O2. The number of benzene rings is 1. The smallest absolute Gasteiger partial charge is 0.229 e. The summed E-state index contributed by atoms with van der Waals surface area (Å²) in [7, 11) is 1.77. The number of carbonyl (C=O) groups excluding carboxylic acids is 1. The molecule has 1 aromatic carbocycles. The fraction of sp³-hybridized carbons (Fsp3) is 0.533. The van der Waals surface area contributed by atoms with Gasteiger partial charge in [0.05, 0.1) is 12.0 Å². The minimum Gasteiger partial charge on any atom is -0.492 e. The van der Waals surface area contributed by atoms with Crippen LogP contribution in [0, 0.1) is 5.41 Å². The lowest BCUT2D eigenvalue weighted by atomic mass is 9.86. The zero-order valence-electron chi connectivity index (χ0n) is 12.4. The first-order chi connectivity index (χ1) is 9.42. The van der Waals surface area contributed by atoms with E-state index < -0.39 is 5.41 Å². The van der Waals surface area contributed by atoms with Crippen molar-refractivity contribution in [2.45, 2.75) is 20.3 Å². The fourth-order valence-electron chi connectivity index (χ4n) is 1.80. The van der Waals surface area contributed by atoms with Gasteiger partial charge in [0, 0.05) is 18.6 Å². The number of carbonyl (C=O) groups is 1. The Balaban J connectivity index is 2.47. The van der Waals surface area contributed by atoms with Crippen LogP contribution in [-0.4, -0.2) is 37.6 Å². The Kier molecular flexibility index (Phi) is 6.30. The third kappa shape index (κ3) is 4.39. The van der Waals surface area contributed by atoms with Gasteiger partial charge in [0.1, 0.15) is 12.4 Å². The molecule has 0 bridgehead atoms. The highest BCUT2D eigenvalue weighted by Crippen LogP contribution is 2.22. The average molecular weight is 299 g/mol. The molecule has 1 amide bonds. The molecule has 0 aliphatic rings. The molecular weight excluding hydrogens is 276 g/mol. The third-order valence-corrected chi connectivity index (χ3v) is 3.82. The first-order valence-corrected chi connectivity index (χ1v) is 7.14. The summed E-state index contributed by atoms with van der Waals surface area (Å²) in [4.78, 5) is 14.0. The van der Waals surface area contributed by atoms with Crippen molar-refractivity contribution in [3.8, 4) is 5.75 Å². The highest BCUT2D eigenvalue weighted by molar-refractivity contribution is 6.30. The number of rotatable bonds is 7. The van der Waals surface area contributed by atoms with Crippen molar-refractivity contribution >= 4 is 17.5 Å². The Morgan fingerprint density at radius 2 is 2.20 bits per heavy atom. The van der Waals surface area contributed by atoms with Gasteiger partial charge in [-0.2, -0.15) is 0 Å². The average Bonchev–Trinajstić information content (AvgIpc) is 2.45. The van der Waals surface area contributed by atoms with Crippen molar-refractivity contribution in [3.63, 3.8) is 0 Å². The van der Waals surface area contributed by atoms with Crippen molar-refractivity contribution < 1.29 is 9.53 Å². The summed E-state index contributed by atoms with van der Waals surface area (Å²) >= 11 is 5.88. The van der Waals surface area contributed by atoms with E-state index in [1.54, 1.807) is 24.1 Å². The molecule has 0 aromatic heterocycles. The van der Waals surface area contributed by atoms with E-state index in [0.717, 1.165) is 6.42 Å². The van der Waals surface area contributed by atoms with Gasteiger partial charge < -0.3 is 15.4 Å². The molecule has 112 valence electrons. The molecule has 0 saturated heterocycles. The van der Waals surface area contributed by atoms with Crippen LogP contribution in [0.4, 0.5) is 0 Å². The number of hydrogen-bond acceptors (Lipinski definition) is 3. The maximum Gasteiger partial charge on any atom is 0.229 e. The second-order valence-corrected chi connectivity index (χ2v) is 5.59. The molecule has 1 unspecified atom stereocenters. The fourth-order valence-corrected chi connectivity index (χ4v) is 1.98. The van der Waals surface area contributed by atoms with E-state index in [2.05, 4.69) is 0 Å². The quantitative estimate of drug-likeness (QED) is 0.841. The Hall–Kier alpha value is -1.26. The van der Waals surface area contributed by atoms with Gasteiger partial charge in [0.2, 0.25) is 5.91 Å². The molecule has 1 rings (SSSR count). The van der Waals surface area contributed by atoms with Crippen LogP contribution < -0.4 is 10.5 Å². The minimum absolute atomic E-state index is 0.0530. The van der Waals surface area contributed by atoms with E-state index in [9.17, 15) is 4.79 Å². The highest BCUT2D eigenvalue weighted by Gasteiger charge is 2.32. The lowest BCUT2D eigenvalue weighted by Gasteiger charge is -2.30. The summed E-state index contributed by atoms with van der Waals surface area (Å²) < 4.78 is 5.58. The predicted octanol–water partition coefficient (Wildman–Crippen LogP) is 2.55. The van der Waals surface area contributed by atoms with Crippen molar-refractivity contribution in [3.05, 3.63) is 29.3 Å². The van der Waals surface area contributed by atoms with Crippen LogP contribution in [-0.2, 0) is 4.79 Å². The molecule has 0 fully saturated rings. The van der Waals surface area contributed by atoms with E-state index in [-0.39, 0.29) is 5.91 Å². The van der Waals surface area contributed by atoms with Crippen molar-refractivity contribution in [2.75, 3.05) is 26.7 Å². The van der Waals surface area contributed by atoms with Gasteiger partial charge in [-0.05, 0) is 31.5 Å². The SMILES string of the molecule is CCC(C)(CN)C(=O)N(C)CCOc1cccc(Cl)c1. The van der Waals surface area contributed by atoms with Crippen molar-refractivity contribution in [2.24, 2.45) is 11.1 Å². The first-order valence-electron chi connectivity index (χ1n) is 6.77. The Morgan fingerprint density at radius 3 is 2.75 bits per heavy atom. The maximum absolute atomic E-state index is 12.3. The Bertz CT molecular complexity index is 447. The van der Waals surface area contributed by atoms with Crippen LogP contribution in [0.15, 0.2) is 24.3 Å². The molecule has 0 saturated carbocycles. The zero-order valence-corrected chi connectivity index (χ0v) is 13.1. The van der Waals surface area contributed by atoms with Crippen LogP contribution >= 0.6 is 11.6 Å². The summed E-state index contributed by atoms with van der Waals surface area (Å²) in [6.45, 7) is 5.15. The normalized spacial score (nSPS) is 13.7. The van der Waals surface area contributed by atoms with Crippen molar-refractivity contribution in [1.82, 2.24) is 4.90 Å². The second-order valence-electron chi connectivity index (χ2n) is 5.15. The van der Waals surface area contributed by atoms with E-state index >= 15 is 0 Å². The minimum atomic E-state index is -0.495. The van der Waals surface area contributed by atoms with E-state index in [1.807, 2.05) is 26.0 Å². The van der Waals surface area contributed by atoms with Gasteiger partial charge in [0.15, 0.2) is 0 Å². The summed E-state index contributed by atoms with van der Waals surface area (Å²) in [5.41, 5.74) is 5.20. The predicted molar refractivity (Wildman–Crippen MR) is 82.0 cm³/mol. The Labute approximate surface area is 125 Å². The number of nitrogens with zero attached hydrogens (tertiary/aromatic N) is 1. The summed E-state index contributed by atoms with van der Waals surface area (Å²) in [6.07, 6.45) is 0.724. The number of likely N-dealkylation sites (N-methyl/N-ethyl adjacent to an activating group) is 1. The molecule has 2 N–H and O–H groups in total. The van der Waals surface area contributed by atoms with Gasteiger partial charge in [-0.3, -0.25) is 4.79 Å². The maximum atomic E-state index is 12.3. The summed E-state index contributed by atoms with van der Waals surface area (Å²) in [6, 6.07) is 7.20. The number of amides is 1. The summed E-state index contributed by atoms with van der Waals surface area (Å²) in [5.74, 6) is 0.757.